The molecule has 0 atom stereocenters. The molecule has 4 rings (SSSR count). The van der Waals surface area contributed by atoms with Gasteiger partial charge < -0.3 is 10.2 Å². The van der Waals surface area contributed by atoms with Crippen LogP contribution in [-0.4, -0.2) is 22.2 Å². The minimum absolute atomic E-state index is 0.0445. The number of fused-ring (bicyclic) bond motifs is 2. The summed E-state index contributed by atoms with van der Waals surface area (Å²) in [7, 11) is 0. The van der Waals surface area contributed by atoms with Gasteiger partial charge in [-0.2, -0.15) is 0 Å². The van der Waals surface area contributed by atoms with E-state index in [1.54, 1.807) is 0 Å². The van der Waals surface area contributed by atoms with Gasteiger partial charge in [-0.1, -0.05) is 48.5 Å². The highest BCUT2D eigenvalue weighted by Gasteiger charge is 2.16. The Labute approximate surface area is 148 Å². The third-order valence-electron chi connectivity index (χ3n) is 4.49. The molecule has 0 aliphatic heterocycles. The molecule has 2 N–H and O–H groups in total. The molecule has 0 spiro atoms. The molecule has 0 amide bonds. The first-order valence-electron chi connectivity index (χ1n) is 8.07. The Hall–Kier alpha value is -3.66. The molecule has 0 saturated carbocycles. The van der Waals surface area contributed by atoms with Crippen molar-refractivity contribution in [3.8, 4) is 11.1 Å². The molecule has 0 heterocycles. The van der Waals surface area contributed by atoms with E-state index in [1.807, 2.05) is 48.5 Å². The fraction of sp³-hybridized carbons (Fsp3) is 0. The molecule has 0 aliphatic rings. The van der Waals surface area contributed by atoms with Crippen molar-refractivity contribution in [2.24, 2.45) is 0 Å². The first-order chi connectivity index (χ1) is 12.5. The maximum atomic E-state index is 11.5. The van der Waals surface area contributed by atoms with Crippen LogP contribution in [0, 0.1) is 0 Å². The van der Waals surface area contributed by atoms with Crippen molar-refractivity contribution in [2.75, 3.05) is 0 Å². The van der Waals surface area contributed by atoms with Crippen molar-refractivity contribution in [1.29, 1.82) is 0 Å². The van der Waals surface area contributed by atoms with E-state index in [0.717, 1.165) is 27.1 Å². The molecule has 0 unspecified atom stereocenters. The summed E-state index contributed by atoms with van der Waals surface area (Å²) in [6.45, 7) is 0. The third kappa shape index (κ3) is 2.58. The molecular formula is C22H14O4. The van der Waals surface area contributed by atoms with Crippen molar-refractivity contribution >= 4 is 33.5 Å². The summed E-state index contributed by atoms with van der Waals surface area (Å²) in [6, 6.07) is 21.9. The van der Waals surface area contributed by atoms with Gasteiger partial charge in [0.05, 0.1) is 11.1 Å². The van der Waals surface area contributed by atoms with Crippen molar-refractivity contribution in [3.05, 3.63) is 83.9 Å². The van der Waals surface area contributed by atoms with Crippen LogP contribution in [0.15, 0.2) is 72.8 Å². The lowest BCUT2D eigenvalue weighted by Crippen LogP contribution is -2.03. The van der Waals surface area contributed by atoms with Gasteiger partial charge in [-0.3, -0.25) is 0 Å². The lowest BCUT2D eigenvalue weighted by Gasteiger charge is -2.13. The van der Waals surface area contributed by atoms with E-state index in [9.17, 15) is 19.8 Å². The number of hydrogen-bond donors (Lipinski definition) is 2. The van der Waals surface area contributed by atoms with E-state index in [2.05, 4.69) is 6.07 Å². The number of aromatic carboxylic acids is 2. The van der Waals surface area contributed by atoms with Crippen LogP contribution in [0.1, 0.15) is 20.7 Å². The Morgan fingerprint density at radius 3 is 1.54 bits per heavy atom. The van der Waals surface area contributed by atoms with Gasteiger partial charge in [-0.25, -0.2) is 9.59 Å². The Bertz CT molecular complexity index is 1110. The fourth-order valence-corrected chi connectivity index (χ4v) is 3.34. The average molecular weight is 342 g/mol. The van der Waals surface area contributed by atoms with Gasteiger partial charge in [0.1, 0.15) is 0 Å². The molecule has 0 aromatic heterocycles. The predicted molar refractivity (Wildman–Crippen MR) is 101 cm³/mol. The minimum Gasteiger partial charge on any atom is -0.478 e. The molecule has 4 nitrogen and oxygen atoms in total. The van der Waals surface area contributed by atoms with Crippen LogP contribution < -0.4 is 0 Å². The van der Waals surface area contributed by atoms with Gasteiger partial charge in [-0.15, -0.1) is 0 Å². The topological polar surface area (TPSA) is 74.6 Å². The number of benzene rings is 4. The lowest BCUT2D eigenvalue weighted by molar-refractivity contribution is 0.0696. The van der Waals surface area contributed by atoms with Gasteiger partial charge in [-0.05, 0) is 56.9 Å². The van der Waals surface area contributed by atoms with Gasteiger partial charge in [0.25, 0.3) is 0 Å². The summed E-state index contributed by atoms with van der Waals surface area (Å²) in [5.74, 6) is -2.31. The quantitative estimate of drug-likeness (QED) is 0.511. The summed E-state index contributed by atoms with van der Waals surface area (Å²) < 4.78 is 0. The third-order valence-corrected chi connectivity index (χ3v) is 4.49. The van der Waals surface area contributed by atoms with E-state index in [4.69, 9.17) is 0 Å². The molecule has 126 valence electrons. The van der Waals surface area contributed by atoms with E-state index in [1.165, 1.54) is 18.2 Å². The van der Waals surface area contributed by atoms with E-state index in [0.29, 0.717) is 5.56 Å². The molecule has 0 bridgehead atoms. The van der Waals surface area contributed by atoms with Gasteiger partial charge >= 0.3 is 11.9 Å². The van der Waals surface area contributed by atoms with Crippen molar-refractivity contribution in [3.63, 3.8) is 0 Å². The molecule has 0 aliphatic carbocycles. The lowest BCUT2D eigenvalue weighted by atomic mass is 9.90. The fourth-order valence-electron chi connectivity index (χ4n) is 3.34. The van der Waals surface area contributed by atoms with Crippen molar-refractivity contribution < 1.29 is 19.8 Å². The second-order valence-electron chi connectivity index (χ2n) is 6.10. The number of carboxylic acid groups (broad SMARTS) is 2. The highest BCUT2D eigenvalue weighted by atomic mass is 16.4. The highest BCUT2D eigenvalue weighted by Crippen LogP contribution is 2.37. The Kier molecular flexibility index (Phi) is 3.66. The molecule has 4 heteroatoms. The normalized spacial score (nSPS) is 10.9. The Morgan fingerprint density at radius 1 is 0.615 bits per heavy atom. The maximum absolute atomic E-state index is 11.5. The standard InChI is InChI=1S/C22H14O4/c23-21(24)16-10-15(11-17(12-16)22(25)26)20-18-7-3-1-5-13(18)9-14-6-2-4-8-19(14)20/h1-12H,(H,23,24)(H,25,26). The Balaban J connectivity index is 2.16. The summed E-state index contributed by atoms with van der Waals surface area (Å²) >= 11 is 0. The molecule has 0 fully saturated rings. The second-order valence-corrected chi connectivity index (χ2v) is 6.10. The SMILES string of the molecule is O=C(O)c1cc(C(=O)O)cc(-c2c3ccccc3cc3ccccc23)c1. The Morgan fingerprint density at radius 2 is 1.08 bits per heavy atom. The summed E-state index contributed by atoms with van der Waals surface area (Å²) in [4.78, 5) is 23.0. The molecule has 26 heavy (non-hydrogen) atoms. The van der Waals surface area contributed by atoms with Gasteiger partial charge in [0, 0.05) is 0 Å². The first-order valence-corrected chi connectivity index (χ1v) is 8.07. The summed E-state index contributed by atoms with van der Waals surface area (Å²) in [5.41, 5.74) is 1.33. The number of hydrogen-bond acceptors (Lipinski definition) is 2. The molecule has 4 aromatic carbocycles. The van der Waals surface area contributed by atoms with Gasteiger partial charge in [0.15, 0.2) is 0 Å². The van der Waals surface area contributed by atoms with Crippen LogP contribution in [-0.2, 0) is 0 Å². The van der Waals surface area contributed by atoms with Crippen LogP contribution in [0.3, 0.4) is 0 Å². The van der Waals surface area contributed by atoms with Crippen LogP contribution in [0.2, 0.25) is 0 Å². The monoisotopic (exact) mass is 342 g/mol. The maximum Gasteiger partial charge on any atom is 0.335 e. The number of carbonyl (C=O) groups is 2. The smallest absolute Gasteiger partial charge is 0.335 e. The zero-order chi connectivity index (χ0) is 18.3. The van der Waals surface area contributed by atoms with Crippen molar-refractivity contribution in [1.82, 2.24) is 0 Å². The second kappa shape index (κ2) is 6.01. The predicted octanol–water partition coefficient (Wildman–Crippen LogP) is 5.06. The molecular weight excluding hydrogens is 328 g/mol. The summed E-state index contributed by atoms with van der Waals surface area (Å²) in [5, 5.41) is 22.7. The van der Waals surface area contributed by atoms with E-state index in [-0.39, 0.29) is 11.1 Å². The van der Waals surface area contributed by atoms with Crippen molar-refractivity contribution in [2.45, 2.75) is 0 Å². The summed E-state index contributed by atoms with van der Waals surface area (Å²) in [6.07, 6.45) is 0. The van der Waals surface area contributed by atoms with Gasteiger partial charge in [0.2, 0.25) is 0 Å². The number of carboxylic acids is 2. The molecule has 0 saturated heterocycles. The zero-order valence-electron chi connectivity index (χ0n) is 13.6. The highest BCUT2D eigenvalue weighted by molar-refractivity contribution is 6.13. The molecule has 0 radical (unpaired) electrons. The zero-order valence-corrected chi connectivity index (χ0v) is 13.6. The van der Waals surface area contributed by atoms with Crippen LogP contribution in [0.25, 0.3) is 32.7 Å². The molecule has 4 aromatic rings. The van der Waals surface area contributed by atoms with Crippen LogP contribution in [0.5, 0.6) is 0 Å². The van der Waals surface area contributed by atoms with E-state index < -0.39 is 11.9 Å². The largest absolute Gasteiger partial charge is 0.478 e. The minimum atomic E-state index is -1.15. The average Bonchev–Trinajstić information content (AvgIpc) is 2.65. The van der Waals surface area contributed by atoms with E-state index >= 15 is 0 Å². The number of rotatable bonds is 3. The first kappa shape index (κ1) is 15.8. The van der Waals surface area contributed by atoms with Crippen LogP contribution >= 0.6 is 0 Å². The van der Waals surface area contributed by atoms with Crippen LogP contribution in [0.4, 0.5) is 0 Å².